The molecule has 1 aliphatic heterocycles. The zero-order valence-electron chi connectivity index (χ0n) is 12.6. The predicted molar refractivity (Wildman–Crippen MR) is 80.7 cm³/mol. The molecule has 1 saturated carbocycles. The van der Waals surface area contributed by atoms with Crippen LogP contribution in [0.3, 0.4) is 0 Å². The molecule has 0 radical (unpaired) electrons. The van der Waals surface area contributed by atoms with Crippen molar-refractivity contribution in [2.24, 2.45) is 5.92 Å². The van der Waals surface area contributed by atoms with E-state index < -0.39 is 0 Å². The molecule has 2 aromatic rings. The summed E-state index contributed by atoms with van der Waals surface area (Å²) in [4.78, 5) is 10.9. The molecule has 2 aliphatic rings. The van der Waals surface area contributed by atoms with E-state index in [2.05, 4.69) is 26.1 Å². The fourth-order valence-corrected chi connectivity index (χ4v) is 3.15. The number of aryl methyl sites for hydroxylation is 1. The van der Waals surface area contributed by atoms with Crippen LogP contribution in [-0.4, -0.2) is 39.4 Å². The monoisotopic (exact) mass is 300 g/mol. The number of aromatic nitrogens is 3. The van der Waals surface area contributed by atoms with Crippen LogP contribution in [0.2, 0.25) is 0 Å². The van der Waals surface area contributed by atoms with Gasteiger partial charge in [-0.1, -0.05) is 5.16 Å². The van der Waals surface area contributed by atoms with Crippen molar-refractivity contribution in [2.45, 2.75) is 38.2 Å². The first-order valence-electron chi connectivity index (χ1n) is 7.86. The summed E-state index contributed by atoms with van der Waals surface area (Å²) in [6.07, 6.45) is 4.44. The van der Waals surface area contributed by atoms with E-state index in [0.29, 0.717) is 18.9 Å². The summed E-state index contributed by atoms with van der Waals surface area (Å²) >= 11 is 0. The predicted octanol–water partition coefficient (Wildman–Crippen LogP) is 1.69. The van der Waals surface area contributed by atoms with Crippen LogP contribution in [0.5, 0.6) is 0 Å². The van der Waals surface area contributed by atoms with Crippen LogP contribution >= 0.6 is 0 Å². The minimum atomic E-state index is -0.371. The largest absolute Gasteiger partial charge is 0.391 e. The third kappa shape index (κ3) is 2.70. The lowest BCUT2D eigenvalue weighted by Crippen LogP contribution is -2.22. The lowest BCUT2D eigenvalue weighted by Gasteiger charge is -2.17. The van der Waals surface area contributed by atoms with Crippen molar-refractivity contribution < 1.29 is 9.63 Å². The zero-order valence-corrected chi connectivity index (χ0v) is 12.6. The lowest BCUT2D eigenvalue weighted by molar-refractivity contribution is 0.143. The highest BCUT2D eigenvalue weighted by atomic mass is 16.5. The summed E-state index contributed by atoms with van der Waals surface area (Å²) in [5, 5.41) is 14.2. The highest BCUT2D eigenvalue weighted by Crippen LogP contribution is 2.39. The van der Waals surface area contributed by atoms with Gasteiger partial charge in [0.25, 0.3) is 0 Å². The Hall–Kier alpha value is -1.95. The Balaban J connectivity index is 1.47. The van der Waals surface area contributed by atoms with E-state index in [1.807, 2.05) is 13.0 Å². The van der Waals surface area contributed by atoms with Crippen molar-refractivity contribution in [1.82, 2.24) is 15.1 Å². The molecule has 1 saturated heterocycles. The summed E-state index contributed by atoms with van der Waals surface area (Å²) in [6, 6.07) is 4.01. The molecule has 6 heteroatoms. The van der Waals surface area contributed by atoms with Gasteiger partial charge in [-0.25, -0.2) is 9.97 Å². The Morgan fingerprint density at radius 1 is 1.27 bits per heavy atom. The van der Waals surface area contributed by atoms with E-state index in [0.717, 1.165) is 29.5 Å². The molecule has 2 aromatic heterocycles. The van der Waals surface area contributed by atoms with E-state index >= 15 is 0 Å². The van der Waals surface area contributed by atoms with Gasteiger partial charge in [-0.3, -0.25) is 0 Å². The summed E-state index contributed by atoms with van der Waals surface area (Å²) in [6.45, 7) is 3.30. The van der Waals surface area contributed by atoms with E-state index in [-0.39, 0.29) is 12.0 Å². The van der Waals surface area contributed by atoms with Gasteiger partial charge >= 0.3 is 0 Å². The molecule has 22 heavy (non-hydrogen) atoms. The van der Waals surface area contributed by atoms with Gasteiger partial charge in [0.2, 0.25) is 0 Å². The SMILES string of the molecule is Cc1cc(C[C@@H]2CN(c3cc(C4CC4)ncn3)C[C@H]2O)on1. The first kappa shape index (κ1) is 13.7. The molecule has 2 fully saturated rings. The molecule has 0 bridgehead atoms. The molecule has 0 unspecified atom stereocenters. The average Bonchev–Trinajstić information content (AvgIpc) is 3.20. The van der Waals surface area contributed by atoms with E-state index in [1.54, 1.807) is 6.33 Å². The Morgan fingerprint density at radius 3 is 2.86 bits per heavy atom. The normalized spacial score (nSPS) is 24.9. The minimum absolute atomic E-state index is 0.145. The van der Waals surface area contributed by atoms with E-state index in [1.165, 1.54) is 12.8 Å². The van der Waals surface area contributed by atoms with Crippen molar-refractivity contribution in [3.8, 4) is 0 Å². The van der Waals surface area contributed by atoms with Crippen molar-refractivity contribution in [1.29, 1.82) is 0 Å². The molecule has 1 N–H and O–H groups in total. The Morgan fingerprint density at radius 2 is 2.14 bits per heavy atom. The first-order chi connectivity index (χ1) is 10.7. The van der Waals surface area contributed by atoms with Crippen LogP contribution in [0.4, 0.5) is 5.82 Å². The van der Waals surface area contributed by atoms with Crippen LogP contribution in [0.15, 0.2) is 23.0 Å². The van der Waals surface area contributed by atoms with Crippen molar-refractivity contribution >= 4 is 5.82 Å². The molecular formula is C16H20N4O2. The van der Waals surface area contributed by atoms with Crippen molar-refractivity contribution in [3.05, 3.63) is 35.6 Å². The molecule has 116 valence electrons. The quantitative estimate of drug-likeness (QED) is 0.926. The van der Waals surface area contributed by atoms with Gasteiger partial charge in [-0.05, 0) is 19.8 Å². The Labute approximate surface area is 129 Å². The Bertz CT molecular complexity index is 668. The summed E-state index contributed by atoms with van der Waals surface area (Å²) in [7, 11) is 0. The molecule has 1 aliphatic carbocycles. The van der Waals surface area contributed by atoms with Crippen LogP contribution in [0.1, 0.15) is 35.9 Å². The third-order valence-corrected chi connectivity index (χ3v) is 4.54. The first-order valence-corrected chi connectivity index (χ1v) is 7.86. The number of aliphatic hydroxyl groups excluding tert-OH is 1. The summed E-state index contributed by atoms with van der Waals surface area (Å²) in [5.74, 6) is 2.52. The van der Waals surface area contributed by atoms with Crippen LogP contribution in [0, 0.1) is 12.8 Å². The zero-order chi connectivity index (χ0) is 15.1. The second-order valence-corrected chi connectivity index (χ2v) is 6.45. The molecule has 0 spiro atoms. The molecule has 6 nitrogen and oxygen atoms in total. The van der Waals surface area contributed by atoms with Gasteiger partial charge in [0.05, 0.1) is 11.8 Å². The maximum absolute atomic E-state index is 10.3. The van der Waals surface area contributed by atoms with Crippen LogP contribution in [0.25, 0.3) is 0 Å². The maximum atomic E-state index is 10.3. The average molecular weight is 300 g/mol. The van der Waals surface area contributed by atoms with E-state index in [4.69, 9.17) is 4.52 Å². The lowest BCUT2D eigenvalue weighted by atomic mass is 10.0. The maximum Gasteiger partial charge on any atom is 0.137 e. The van der Waals surface area contributed by atoms with Crippen LogP contribution in [-0.2, 0) is 6.42 Å². The molecule has 2 atom stereocenters. The van der Waals surface area contributed by atoms with Crippen LogP contribution < -0.4 is 4.90 Å². The number of nitrogens with zero attached hydrogens (tertiary/aromatic N) is 4. The number of aliphatic hydroxyl groups is 1. The summed E-state index contributed by atoms with van der Waals surface area (Å²) in [5.41, 5.74) is 2.01. The second kappa shape index (κ2) is 5.35. The minimum Gasteiger partial charge on any atom is -0.391 e. The topological polar surface area (TPSA) is 75.3 Å². The van der Waals surface area contributed by atoms with Gasteiger partial charge < -0.3 is 14.5 Å². The van der Waals surface area contributed by atoms with Gasteiger partial charge in [-0.15, -0.1) is 0 Å². The number of anilines is 1. The number of hydrogen-bond acceptors (Lipinski definition) is 6. The fourth-order valence-electron chi connectivity index (χ4n) is 3.15. The number of hydrogen-bond donors (Lipinski definition) is 1. The highest BCUT2D eigenvalue weighted by Gasteiger charge is 2.34. The van der Waals surface area contributed by atoms with Gasteiger partial charge in [0, 0.05) is 49.2 Å². The third-order valence-electron chi connectivity index (χ3n) is 4.54. The van der Waals surface area contributed by atoms with Gasteiger partial charge in [-0.2, -0.15) is 0 Å². The van der Waals surface area contributed by atoms with E-state index in [9.17, 15) is 5.11 Å². The molecular weight excluding hydrogens is 280 g/mol. The van der Waals surface area contributed by atoms with Crippen molar-refractivity contribution in [2.75, 3.05) is 18.0 Å². The second-order valence-electron chi connectivity index (χ2n) is 6.45. The molecule has 0 amide bonds. The van der Waals surface area contributed by atoms with Gasteiger partial charge in [0.1, 0.15) is 17.9 Å². The molecule has 4 rings (SSSR count). The highest BCUT2D eigenvalue weighted by molar-refractivity contribution is 5.42. The van der Waals surface area contributed by atoms with Crippen molar-refractivity contribution in [3.63, 3.8) is 0 Å². The van der Waals surface area contributed by atoms with Gasteiger partial charge in [0.15, 0.2) is 0 Å². The Kier molecular flexibility index (Phi) is 3.33. The fraction of sp³-hybridized carbons (Fsp3) is 0.562. The molecule has 0 aromatic carbocycles. The molecule has 3 heterocycles. The number of rotatable bonds is 4. The smallest absolute Gasteiger partial charge is 0.137 e. The standard InChI is InChI=1S/C16H20N4O2/c1-10-4-13(22-19-10)5-12-7-20(8-15(12)21)16-6-14(11-2-3-11)17-9-18-16/h4,6,9,11-12,15,21H,2-3,5,7-8H2,1H3/t12-,15-/m1/s1. The summed E-state index contributed by atoms with van der Waals surface area (Å²) < 4.78 is 5.27. The number of β-amino-alcohol motifs (C(OH)–C–C–N with tert-alkyl or cyclic N) is 1.